The average molecular weight is 261 g/mol. The van der Waals surface area contributed by atoms with Gasteiger partial charge in [-0.05, 0) is 36.8 Å². The lowest BCUT2D eigenvalue weighted by molar-refractivity contribution is 0.0924. The molecule has 1 aromatic heterocycles. The van der Waals surface area contributed by atoms with Gasteiger partial charge in [-0.2, -0.15) is 0 Å². The summed E-state index contributed by atoms with van der Waals surface area (Å²) in [5.74, 6) is 0.649. The van der Waals surface area contributed by atoms with E-state index in [1.54, 1.807) is 13.1 Å². The molecule has 2 rings (SSSR count). The molecule has 1 aromatic rings. The highest BCUT2D eigenvalue weighted by atomic mass is 16.1. The van der Waals surface area contributed by atoms with Crippen LogP contribution in [0.4, 0.5) is 5.82 Å². The van der Waals surface area contributed by atoms with Crippen LogP contribution in [0.15, 0.2) is 18.2 Å². The summed E-state index contributed by atoms with van der Waals surface area (Å²) in [4.78, 5) is 16.4. The molecule has 1 aliphatic rings. The molecule has 1 saturated carbocycles. The van der Waals surface area contributed by atoms with Gasteiger partial charge in [0.15, 0.2) is 0 Å². The number of amides is 1. The molecule has 0 spiro atoms. The fourth-order valence-electron chi connectivity index (χ4n) is 2.84. The van der Waals surface area contributed by atoms with Crippen LogP contribution in [0.2, 0.25) is 0 Å². The molecular weight excluding hydrogens is 238 g/mol. The third kappa shape index (κ3) is 3.25. The number of carbonyl (C=O) groups excluding carboxylic acids is 1. The van der Waals surface area contributed by atoms with Crippen molar-refractivity contribution >= 4 is 11.7 Å². The number of carbonyl (C=O) groups is 1. The fourth-order valence-corrected chi connectivity index (χ4v) is 2.84. The van der Waals surface area contributed by atoms with E-state index in [2.05, 4.69) is 22.5 Å². The SMILES string of the molecule is CCC1(CNC(=O)c2cccc(NC)n2)CCCC1. The molecule has 4 heteroatoms. The van der Waals surface area contributed by atoms with Gasteiger partial charge < -0.3 is 10.6 Å². The Labute approximate surface area is 115 Å². The molecule has 0 unspecified atom stereocenters. The first-order valence-corrected chi connectivity index (χ1v) is 7.12. The predicted octanol–water partition coefficient (Wildman–Crippen LogP) is 2.82. The van der Waals surface area contributed by atoms with Gasteiger partial charge in [-0.3, -0.25) is 4.79 Å². The van der Waals surface area contributed by atoms with Crippen molar-refractivity contribution in [2.75, 3.05) is 18.9 Å². The molecule has 0 saturated heterocycles. The quantitative estimate of drug-likeness (QED) is 0.857. The summed E-state index contributed by atoms with van der Waals surface area (Å²) in [5.41, 5.74) is 0.798. The number of anilines is 1. The second kappa shape index (κ2) is 6.04. The minimum Gasteiger partial charge on any atom is -0.373 e. The summed E-state index contributed by atoms with van der Waals surface area (Å²) in [6.45, 7) is 2.99. The first-order chi connectivity index (χ1) is 9.19. The molecule has 0 aromatic carbocycles. The third-order valence-corrected chi connectivity index (χ3v) is 4.28. The minimum absolute atomic E-state index is 0.0724. The number of nitrogens with zero attached hydrogens (tertiary/aromatic N) is 1. The molecule has 2 N–H and O–H groups in total. The number of aromatic nitrogens is 1. The molecular formula is C15H23N3O. The Balaban J connectivity index is 1.97. The summed E-state index contributed by atoms with van der Waals surface area (Å²) in [7, 11) is 1.80. The molecule has 1 aliphatic carbocycles. The van der Waals surface area contributed by atoms with Crippen molar-refractivity contribution < 1.29 is 4.79 Å². The van der Waals surface area contributed by atoms with E-state index in [-0.39, 0.29) is 5.91 Å². The van der Waals surface area contributed by atoms with E-state index in [4.69, 9.17) is 0 Å². The molecule has 0 atom stereocenters. The smallest absolute Gasteiger partial charge is 0.269 e. The fraction of sp³-hybridized carbons (Fsp3) is 0.600. The van der Waals surface area contributed by atoms with Crippen LogP contribution >= 0.6 is 0 Å². The summed E-state index contributed by atoms with van der Waals surface area (Å²) in [6, 6.07) is 5.45. The molecule has 0 aliphatic heterocycles. The van der Waals surface area contributed by atoms with Crippen molar-refractivity contribution in [2.45, 2.75) is 39.0 Å². The van der Waals surface area contributed by atoms with Gasteiger partial charge in [0.05, 0.1) is 0 Å². The van der Waals surface area contributed by atoms with Crippen molar-refractivity contribution in [3.8, 4) is 0 Å². The Morgan fingerprint density at radius 3 is 2.74 bits per heavy atom. The zero-order valence-corrected chi connectivity index (χ0v) is 11.8. The molecule has 19 heavy (non-hydrogen) atoms. The summed E-state index contributed by atoms with van der Waals surface area (Å²) >= 11 is 0. The maximum atomic E-state index is 12.1. The van der Waals surface area contributed by atoms with Gasteiger partial charge >= 0.3 is 0 Å². The lowest BCUT2D eigenvalue weighted by Crippen LogP contribution is -2.36. The number of nitrogens with one attached hydrogen (secondary N) is 2. The van der Waals surface area contributed by atoms with Crippen LogP contribution in [0.1, 0.15) is 49.5 Å². The molecule has 0 bridgehead atoms. The topological polar surface area (TPSA) is 54.0 Å². The summed E-state index contributed by atoms with van der Waals surface area (Å²) in [6.07, 6.45) is 6.17. The highest BCUT2D eigenvalue weighted by Gasteiger charge is 2.32. The zero-order chi connectivity index (χ0) is 13.7. The van der Waals surface area contributed by atoms with E-state index in [9.17, 15) is 4.79 Å². The normalized spacial score (nSPS) is 17.2. The van der Waals surface area contributed by atoms with Crippen LogP contribution in [0, 0.1) is 5.41 Å². The molecule has 1 heterocycles. The lowest BCUT2D eigenvalue weighted by atomic mass is 9.83. The minimum atomic E-state index is -0.0724. The van der Waals surface area contributed by atoms with Gasteiger partial charge in [-0.15, -0.1) is 0 Å². The second-order valence-electron chi connectivity index (χ2n) is 5.40. The molecule has 1 amide bonds. The lowest BCUT2D eigenvalue weighted by Gasteiger charge is -2.27. The standard InChI is InChI=1S/C15H23N3O/c1-3-15(9-4-5-10-15)11-17-14(19)12-7-6-8-13(16-2)18-12/h6-8H,3-5,9-11H2,1-2H3,(H,16,18)(H,17,19). The number of rotatable bonds is 5. The van der Waals surface area contributed by atoms with E-state index in [1.807, 2.05) is 12.1 Å². The van der Waals surface area contributed by atoms with Crippen LogP contribution in [0.3, 0.4) is 0 Å². The van der Waals surface area contributed by atoms with Crippen LogP contribution in [0.5, 0.6) is 0 Å². The Morgan fingerprint density at radius 2 is 2.11 bits per heavy atom. The molecule has 1 fully saturated rings. The first-order valence-electron chi connectivity index (χ1n) is 7.12. The zero-order valence-electron chi connectivity index (χ0n) is 11.8. The number of hydrogen-bond donors (Lipinski definition) is 2. The summed E-state index contributed by atoms with van der Waals surface area (Å²) in [5, 5.41) is 6.00. The maximum absolute atomic E-state index is 12.1. The van der Waals surface area contributed by atoms with Gasteiger partial charge in [-0.1, -0.05) is 25.8 Å². The highest BCUT2D eigenvalue weighted by Crippen LogP contribution is 2.40. The van der Waals surface area contributed by atoms with Crippen molar-refractivity contribution in [2.24, 2.45) is 5.41 Å². The van der Waals surface area contributed by atoms with Gasteiger partial charge in [0.1, 0.15) is 11.5 Å². The van der Waals surface area contributed by atoms with Gasteiger partial charge in [-0.25, -0.2) is 4.98 Å². The maximum Gasteiger partial charge on any atom is 0.269 e. The summed E-state index contributed by atoms with van der Waals surface area (Å²) < 4.78 is 0. The van der Waals surface area contributed by atoms with E-state index < -0.39 is 0 Å². The van der Waals surface area contributed by atoms with Crippen LogP contribution in [0.25, 0.3) is 0 Å². The highest BCUT2D eigenvalue weighted by molar-refractivity contribution is 5.92. The molecule has 104 valence electrons. The van der Waals surface area contributed by atoms with E-state index in [0.29, 0.717) is 11.1 Å². The Kier molecular flexibility index (Phi) is 4.40. The third-order valence-electron chi connectivity index (χ3n) is 4.28. The Hall–Kier alpha value is -1.58. The van der Waals surface area contributed by atoms with E-state index >= 15 is 0 Å². The van der Waals surface area contributed by atoms with Crippen LogP contribution in [-0.2, 0) is 0 Å². The monoisotopic (exact) mass is 261 g/mol. The van der Waals surface area contributed by atoms with E-state index in [0.717, 1.165) is 18.8 Å². The Morgan fingerprint density at radius 1 is 1.37 bits per heavy atom. The Bertz CT molecular complexity index is 439. The van der Waals surface area contributed by atoms with Gasteiger partial charge in [0.2, 0.25) is 0 Å². The van der Waals surface area contributed by atoms with Crippen molar-refractivity contribution in [3.05, 3.63) is 23.9 Å². The van der Waals surface area contributed by atoms with E-state index in [1.165, 1.54) is 25.7 Å². The van der Waals surface area contributed by atoms with Gasteiger partial charge in [0, 0.05) is 13.6 Å². The molecule has 0 radical (unpaired) electrons. The first kappa shape index (κ1) is 13.8. The number of hydrogen-bond acceptors (Lipinski definition) is 3. The molecule has 4 nitrogen and oxygen atoms in total. The van der Waals surface area contributed by atoms with Gasteiger partial charge in [0.25, 0.3) is 5.91 Å². The van der Waals surface area contributed by atoms with Crippen LogP contribution < -0.4 is 10.6 Å². The van der Waals surface area contributed by atoms with Crippen LogP contribution in [-0.4, -0.2) is 24.5 Å². The second-order valence-corrected chi connectivity index (χ2v) is 5.40. The average Bonchev–Trinajstić information content (AvgIpc) is 2.94. The largest absolute Gasteiger partial charge is 0.373 e. The number of pyridine rings is 1. The predicted molar refractivity (Wildman–Crippen MR) is 77.3 cm³/mol. The van der Waals surface area contributed by atoms with Crippen molar-refractivity contribution in [1.29, 1.82) is 0 Å². The van der Waals surface area contributed by atoms with Crippen molar-refractivity contribution in [3.63, 3.8) is 0 Å². The van der Waals surface area contributed by atoms with Crippen molar-refractivity contribution in [1.82, 2.24) is 10.3 Å².